The maximum atomic E-state index is 13.1. The van der Waals surface area contributed by atoms with Crippen LogP contribution in [0.5, 0.6) is 5.75 Å². The molecule has 1 saturated heterocycles. The van der Waals surface area contributed by atoms with Crippen LogP contribution in [0.1, 0.15) is 21.7 Å². The average molecular weight is 475 g/mol. The van der Waals surface area contributed by atoms with Crippen molar-refractivity contribution in [2.24, 2.45) is 0 Å². The number of rotatable bonds is 6. The molecule has 0 spiro atoms. The van der Waals surface area contributed by atoms with Crippen LogP contribution in [-0.2, 0) is 6.54 Å². The monoisotopic (exact) mass is 475 g/mol. The van der Waals surface area contributed by atoms with E-state index in [4.69, 9.17) is 0 Å². The number of urea groups is 1. The number of hydrogen-bond donors (Lipinski definition) is 1. The Morgan fingerprint density at radius 3 is 2.64 bits per heavy atom. The molecule has 33 heavy (non-hydrogen) atoms. The first-order valence-corrected chi connectivity index (χ1v) is 11.0. The molecule has 1 fully saturated rings. The number of hydrogen-bond acceptors (Lipinski definition) is 4. The van der Waals surface area contributed by atoms with Crippen molar-refractivity contribution in [1.82, 2.24) is 4.90 Å². The highest BCUT2D eigenvalue weighted by Crippen LogP contribution is 2.27. The summed E-state index contributed by atoms with van der Waals surface area (Å²) in [6, 6.07) is 15.9. The van der Waals surface area contributed by atoms with Gasteiger partial charge in [0.15, 0.2) is 0 Å². The maximum Gasteiger partial charge on any atom is 0.573 e. The molecule has 6 nitrogen and oxygen atoms in total. The van der Waals surface area contributed by atoms with Crippen LogP contribution in [0.25, 0.3) is 0 Å². The first-order valence-electron chi connectivity index (χ1n) is 10.1. The van der Waals surface area contributed by atoms with Gasteiger partial charge in [-0.15, -0.1) is 24.5 Å². The lowest BCUT2D eigenvalue weighted by atomic mass is 10.1. The standard InChI is InChI=1S/C23H20F3N3O3S/c24-23(25,26)32-19-8-1-5-16(13-19)15-28-10-4-11-29(22(28)31)18-7-2-6-17(14-18)27-21(30)20-9-3-12-33-20/h1-3,5-9,12-14H,4,10-11,15H2,(H,27,30). The molecule has 0 unspecified atom stereocenters. The summed E-state index contributed by atoms with van der Waals surface area (Å²) in [7, 11) is 0. The highest BCUT2D eigenvalue weighted by atomic mass is 32.1. The third kappa shape index (κ3) is 5.83. The van der Waals surface area contributed by atoms with Crippen LogP contribution in [-0.4, -0.2) is 36.3 Å². The van der Waals surface area contributed by atoms with Gasteiger partial charge >= 0.3 is 12.4 Å². The van der Waals surface area contributed by atoms with E-state index in [0.29, 0.717) is 41.3 Å². The zero-order chi connectivity index (χ0) is 23.4. The Morgan fingerprint density at radius 1 is 1.06 bits per heavy atom. The van der Waals surface area contributed by atoms with Gasteiger partial charge in [0.2, 0.25) is 0 Å². The van der Waals surface area contributed by atoms with Crippen LogP contribution in [0, 0.1) is 0 Å². The number of anilines is 2. The predicted octanol–water partition coefficient (Wildman–Crippen LogP) is 5.73. The molecule has 1 aliphatic heterocycles. The number of ether oxygens (including phenoxy) is 1. The zero-order valence-corrected chi connectivity index (χ0v) is 18.2. The topological polar surface area (TPSA) is 61.9 Å². The van der Waals surface area contributed by atoms with Gasteiger partial charge in [-0.3, -0.25) is 9.69 Å². The second-order valence-electron chi connectivity index (χ2n) is 7.39. The lowest BCUT2D eigenvalue weighted by Crippen LogP contribution is -2.49. The van der Waals surface area contributed by atoms with Gasteiger partial charge < -0.3 is 15.0 Å². The Kier molecular flexibility index (Phi) is 6.55. The van der Waals surface area contributed by atoms with Crippen molar-refractivity contribution >= 4 is 34.6 Å². The Balaban J connectivity index is 1.46. The van der Waals surface area contributed by atoms with E-state index >= 15 is 0 Å². The lowest BCUT2D eigenvalue weighted by molar-refractivity contribution is -0.274. The summed E-state index contributed by atoms with van der Waals surface area (Å²) < 4.78 is 41.5. The smallest absolute Gasteiger partial charge is 0.406 e. The predicted molar refractivity (Wildman–Crippen MR) is 120 cm³/mol. The fourth-order valence-electron chi connectivity index (χ4n) is 3.58. The maximum absolute atomic E-state index is 13.1. The van der Waals surface area contributed by atoms with Gasteiger partial charge in [0, 0.05) is 31.0 Å². The van der Waals surface area contributed by atoms with Gasteiger partial charge in [-0.05, 0) is 53.8 Å². The minimum atomic E-state index is -4.78. The van der Waals surface area contributed by atoms with Crippen LogP contribution >= 0.6 is 11.3 Å². The van der Waals surface area contributed by atoms with Gasteiger partial charge in [-0.2, -0.15) is 0 Å². The van der Waals surface area contributed by atoms with Crippen LogP contribution in [0.3, 0.4) is 0 Å². The summed E-state index contributed by atoms with van der Waals surface area (Å²) in [6.45, 7) is 1.13. The number of nitrogens with one attached hydrogen (secondary N) is 1. The Bertz CT molecular complexity index is 1140. The van der Waals surface area contributed by atoms with Gasteiger partial charge in [-0.25, -0.2) is 4.79 Å². The number of carbonyl (C=O) groups is 2. The molecule has 0 atom stereocenters. The van der Waals surface area contributed by atoms with Crippen molar-refractivity contribution in [3.8, 4) is 5.75 Å². The molecule has 4 rings (SSSR count). The van der Waals surface area contributed by atoms with Crippen molar-refractivity contribution in [2.75, 3.05) is 23.3 Å². The summed E-state index contributed by atoms with van der Waals surface area (Å²) in [6.07, 6.45) is -4.09. The molecule has 0 radical (unpaired) electrons. The summed E-state index contributed by atoms with van der Waals surface area (Å²) in [5, 5.41) is 4.65. The molecule has 2 aromatic carbocycles. The molecule has 1 N–H and O–H groups in total. The Morgan fingerprint density at radius 2 is 1.88 bits per heavy atom. The van der Waals surface area contributed by atoms with Crippen molar-refractivity contribution in [2.45, 2.75) is 19.3 Å². The summed E-state index contributed by atoms with van der Waals surface area (Å²) in [5.41, 5.74) is 1.72. The summed E-state index contributed by atoms with van der Waals surface area (Å²) in [5.74, 6) is -0.551. The largest absolute Gasteiger partial charge is 0.573 e. The van der Waals surface area contributed by atoms with E-state index < -0.39 is 6.36 Å². The molecule has 0 bridgehead atoms. The molecule has 0 aliphatic carbocycles. The normalized spacial score (nSPS) is 14.3. The highest BCUT2D eigenvalue weighted by Gasteiger charge is 2.31. The Hall–Kier alpha value is -3.53. The van der Waals surface area contributed by atoms with Crippen LogP contribution in [0.15, 0.2) is 66.0 Å². The third-order valence-electron chi connectivity index (χ3n) is 4.98. The van der Waals surface area contributed by atoms with E-state index in [1.54, 1.807) is 52.3 Å². The summed E-state index contributed by atoms with van der Waals surface area (Å²) >= 11 is 1.33. The number of nitrogens with zero attached hydrogens (tertiary/aromatic N) is 2. The Labute approximate surface area is 192 Å². The van der Waals surface area contributed by atoms with Crippen LogP contribution in [0.4, 0.5) is 29.3 Å². The summed E-state index contributed by atoms with van der Waals surface area (Å²) in [4.78, 5) is 29.2. The first-order chi connectivity index (χ1) is 15.8. The number of amides is 3. The number of alkyl halides is 3. The average Bonchev–Trinajstić information content (AvgIpc) is 3.30. The highest BCUT2D eigenvalue weighted by molar-refractivity contribution is 7.12. The quantitative estimate of drug-likeness (QED) is 0.495. The number of carbonyl (C=O) groups excluding carboxylic acids is 2. The first kappa shape index (κ1) is 22.7. The minimum absolute atomic E-state index is 0.152. The SMILES string of the molecule is O=C(Nc1cccc(N2CCCN(Cc3cccc(OC(F)(F)F)c3)C2=O)c1)c1cccs1. The fraction of sp³-hybridized carbons (Fsp3) is 0.217. The molecule has 1 aromatic heterocycles. The minimum Gasteiger partial charge on any atom is -0.406 e. The molecule has 3 amide bonds. The molecule has 10 heteroatoms. The second-order valence-corrected chi connectivity index (χ2v) is 8.33. The third-order valence-corrected chi connectivity index (χ3v) is 5.85. The number of halogens is 3. The number of benzene rings is 2. The molecule has 3 aromatic rings. The van der Waals surface area contributed by atoms with Crippen molar-refractivity contribution in [1.29, 1.82) is 0 Å². The zero-order valence-electron chi connectivity index (χ0n) is 17.3. The van der Waals surface area contributed by atoms with Crippen LogP contribution < -0.4 is 15.0 Å². The second kappa shape index (κ2) is 9.53. The molecule has 1 aliphatic rings. The van der Waals surface area contributed by atoms with E-state index in [0.717, 1.165) is 0 Å². The van der Waals surface area contributed by atoms with E-state index in [1.807, 2.05) is 5.38 Å². The lowest BCUT2D eigenvalue weighted by Gasteiger charge is -2.36. The molecule has 172 valence electrons. The van der Waals surface area contributed by atoms with E-state index in [-0.39, 0.29) is 24.2 Å². The van der Waals surface area contributed by atoms with Crippen molar-refractivity contribution < 1.29 is 27.5 Å². The van der Waals surface area contributed by atoms with Gasteiger partial charge in [0.25, 0.3) is 5.91 Å². The number of thiophene rings is 1. The van der Waals surface area contributed by atoms with Gasteiger partial charge in [0.1, 0.15) is 5.75 Å². The van der Waals surface area contributed by atoms with Gasteiger partial charge in [0.05, 0.1) is 4.88 Å². The molecular formula is C23H20F3N3O3S. The van der Waals surface area contributed by atoms with Gasteiger partial charge in [-0.1, -0.05) is 24.3 Å². The van der Waals surface area contributed by atoms with Crippen LogP contribution in [0.2, 0.25) is 0 Å². The van der Waals surface area contributed by atoms with E-state index in [2.05, 4.69) is 10.1 Å². The van der Waals surface area contributed by atoms with E-state index in [1.165, 1.54) is 29.5 Å². The molecule has 2 heterocycles. The van der Waals surface area contributed by atoms with Crippen molar-refractivity contribution in [3.05, 3.63) is 76.5 Å². The van der Waals surface area contributed by atoms with E-state index in [9.17, 15) is 22.8 Å². The fourth-order valence-corrected chi connectivity index (χ4v) is 4.20. The molecular weight excluding hydrogens is 455 g/mol. The van der Waals surface area contributed by atoms with Crippen molar-refractivity contribution in [3.63, 3.8) is 0 Å². The molecule has 0 saturated carbocycles.